The minimum Gasteiger partial charge on any atom is -0.487 e. The van der Waals surface area contributed by atoms with Crippen molar-refractivity contribution in [2.75, 3.05) is 5.32 Å². The van der Waals surface area contributed by atoms with Gasteiger partial charge in [-0.15, -0.1) is 0 Å². The van der Waals surface area contributed by atoms with E-state index in [9.17, 15) is 10.1 Å². The van der Waals surface area contributed by atoms with E-state index in [0.29, 0.717) is 32.6 Å². The Balaban J connectivity index is 1.51. The molecule has 6 heteroatoms. The summed E-state index contributed by atoms with van der Waals surface area (Å²) in [6.45, 7) is 4.27. The van der Waals surface area contributed by atoms with Crippen molar-refractivity contribution in [1.29, 1.82) is 5.26 Å². The summed E-state index contributed by atoms with van der Waals surface area (Å²) in [4.78, 5) is 12.8. The third-order valence-corrected chi connectivity index (χ3v) is 6.71. The number of aryl methyl sites for hydroxylation is 2. The Morgan fingerprint density at radius 3 is 2.40 bits per heavy atom. The fraction of sp³-hybridized carbons (Fsp3) is 0.103. The summed E-state index contributed by atoms with van der Waals surface area (Å²) in [7, 11) is 0. The first-order valence-corrected chi connectivity index (χ1v) is 12.5. The SMILES string of the molecule is Cc1ccc(C)c(NC(=O)/C(C#N)=C/c2cc(Br)c(OCc3ccc4ccccc4c3)c(Br)c2)c1. The molecule has 0 atom stereocenters. The molecule has 1 N–H and O–H groups in total. The van der Waals surface area contributed by atoms with Crippen molar-refractivity contribution in [3.05, 3.63) is 110 Å². The van der Waals surface area contributed by atoms with Crippen LogP contribution < -0.4 is 10.1 Å². The molecule has 0 aliphatic rings. The number of halogens is 2. The molecule has 0 aromatic heterocycles. The number of hydrogen-bond donors (Lipinski definition) is 1. The summed E-state index contributed by atoms with van der Waals surface area (Å²) in [5.74, 6) is 0.193. The van der Waals surface area contributed by atoms with Crippen LogP contribution in [0.2, 0.25) is 0 Å². The summed E-state index contributed by atoms with van der Waals surface area (Å²) >= 11 is 7.13. The predicted octanol–water partition coefficient (Wildman–Crippen LogP) is 8.11. The summed E-state index contributed by atoms with van der Waals surface area (Å²) < 4.78 is 7.51. The Bertz CT molecular complexity index is 1480. The molecule has 0 bridgehead atoms. The van der Waals surface area contributed by atoms with Crippen molar-refractivity contribution in [1.82, 2.24) is 0 Å². The first-order valence-electron chi connectivity index (χ1n) is 10.9. The third-order valence-electron chi connectivity index (χ3n) is 5.54. The quantitative estimate of drug-likeness (QED) is 0.182. The first-order chi connectivity index (χ1) is 16.8. The van der Waals surface area contributed by atoms with Gasteiger partial charge in [-0.2, -0.15) is 5.26 Å². The van der Waals surface area contributed by atoms with Crippen LogP contribution in [-0.2, 0) is 11.4 Å². The average molecular weight is 590 g/mol. The minimum absolute atomic E-state index is 0.00883. The van der Waals surface area contributed by atoms with E-state index in [4.69, 9.17) is 4.74 Å². The number of rotatable bonds is 6. The molecule has 4 aromatic carbocycles. The zero-order chi connectivity index (χ0) is 24.9. The van der Waals surface area contributed by atoms with E-state index in [-0.39, 0.29) is 5.57 Å². The largest absolute Gasteiger partial charge is 0.487 e. The van der Waals surface area contributed by atoms with Gasteiger partial charge in [-0.05, 0) is 109 Å². The molecule has 0 spiro atoms. The van der Waals surface area contributed by atoms with Crippen LogP contribution in [0, 0.1) is 25.2 Å². The molecule has 0 aliphatic carbocycles. The Hall–Kier alpha value is -3.40. The smallest absolute Gasteiger partial charge is 0.266 e. The molecule has 4 rings (SSSR count). The number of carbonyl (C=O) groups is 1. The van der Waals surface area contributed by atoms with Gasteiger partial charge in [0.15, 0.2) is 0 Å². The van der Waals surface area contributed by atoms with Crippen molar-refractivity contribution in [3.63, 3.8) is 0 Å². The van der Waals surface area contributed by atoms with Crippen LogP contribution in [0.1, 0.15) is 22.3 Å². The lowest BCUT2D eigenvalue weighted by Gasteiger charge is -2.12. The lowest BCUT2D eigenvalue weighted by Crippen LogP contribution is -2.14. The molecule has 1 amide bonds. The maximum absolute atomic E-state index is 12.8. The van der Waals surface area contributed by atoms with Gasteiger partial charge in [0.2, 0.25) is 0 Å². The van der Waals surface area contributed by atoms with Crippen molar-refractivity contribution in [2.24, 2.45) is 0 Å². The van der Waals surface area contributed by atoms with Crippen LogP contribution in [0.15, 0.2) is 87.3 Å². The maximum atomic E-state index is 12.8. The van der Waals surface area contributed by atoms with Gasteiger partial charge in [-0.1, -0.05) is 48.5 Å². The van der Waals surface area contributed by atoms with Crippen LogP contribution >= 0.6 is 31.9 Å². The number of nitriles is 1. The molecule has 0 unspecified atom stereocenters. The molecule has 0 saturated carbocycles. The van der Waals surface area contributed by atoms with Gasteiger partial charge in [-0.3, -0.25) is 4.79 Å². The lowest BCUT2D eigenvalue weighted by molar-refractivity contribution is -0.112. The predicted molar refractivity (Wildman–Crippen MR) is 148 cm³/mol. The summed E-state index contributed by atoms with van der Waals surface area (Å²) in [6.07, 6.45) is 1.56. The Kier molecular flexibility index (Phi) is 7.70. The number of amides is 1. The van der Waals surface area contributed by atoms with Crippen LogP contribution in [0.3, 0.4) is 0 Å². The van der Waals surface area contributed by atoms with Crippen molar-refractivity contribution < 1.29 is 9.53 Å². The summed E-state index contributed by atoms with van der Waals surface area (Å²) in [5.41, 5.74) is 4.40. The van der Waals surface area contributed by atoms with Gasteiger partial charge in [0.25, 0.3) is 5.91 Å². The van der Waals surface area contributed by atoms with Crippen molar-refractivity contribution in [3.8, 4) is 11.8 Å². The average Bonchev–Trinajstić information content (AvgIpc) is 2.84. The van der Waals surface area contributed by atoms with Gasteiger partial charge >= 0.3 is 0 Å². The topological polar surface area (TPSA) is 62.1 Å². The van der Waals surface area contributed by atoms with Crippen LogP contribution in [0.25, 0.3) is 16.8 Å². The van der Waals surface area contributed by atoms with E-state index in [1.165, 1.54) is 5.39 Å². The van der Waals surface area contributed by atoms with Gasteiger partial charge in [0.05, 0.1) is 8.95 Å². The van der Waals surface area contributed by atoms with Crippen molar-refractivity contribution >= 4 is 60.3 Å². The van der Waals surface area contributed by atoms with Crippen LogP contribution in [-0.4, -0.2) is 5.91 Å². The van der Waals surface area contributed by atoms with Crippen LogP contribution in [0.4, 0.5) is 5.69 Å². The summed E-state index contributed by atoms with van der Waals surface area (Å²) in [6, 6.07) is 25.9. The number of nitrogens with one attached hydrogen (secondary N) is 1. The standard InChI is InChI=1S/C29H22Br2N2O2/c1-18-7-8-19(2)27(11-18)33-29(34)24(16-32)13-21-14-25(30)28(26(31)15-21)35-17-20-9-10-22-5-3-4-6-23(22)12-20/h3-15H,17H2,1-2H3,(H,33,34)/b24-13+. The molecule has 0 radical (unpaired) electrons. The molecule has 0 saturated heterocycles. The highest BCUT2D eigenvalue weighted by atomic mass is 79.9. The van der Waals surface area contributed by atoms with E-state index in [0.717, 1.165) is 22.1 Å². The normalized spacial score (nSPS) is 11.2. The van der Waals surface area contributed by atoms with Gasteiger partial charge < -0.3 is 10.1 Å². The fourth-order valence-electron chi connectivity index (χ4n) is 3.66. The molecule has 4 aromatic rings. The van der Waals surface area contributed by atoms with Crippen LogP contribution in [0.5, 0.6) is 5.75 Å². The summed E-state index contributed by atoms with van der Waals surface area (Å²) in [5, 5.41) is 14.8. The lowest BCUT2D eigenvalue weighted by atomic mass is 10.1. The molecule has 4 nitrogen and oxygen atoms in total. The maximum Gasteiger partial charge on any atom is 0.266 e. The molecule has 0 aliphatic heterocycles. The number of hydrogen-bond acceptors (Lipinski definition) is 3. The number of anilines is 1. The van der Waals surface area contributed by atoms with E-state index in [2.05, 4.69) is 67.5 Å². The highest BCUT2D eigenvalue weighted by molar-refractivity contribution is 9.11. The molecular formula is C29H22Br2N2O2. The monoisotopic (exact) mass is 588 g/mol. The zero-order valence-electron chi connectivity index (χ0n) is 19.2. The van der Waals surface area contributed by atoms with Gasteiger partial charge in [0, 0.05) is 5.69 Å². The number of carbonyl (C=O) groups excluding carboxylic acids is 1. The highest BCUT2D eigenvalue weighted by Crippen LogP contribution is 2.36. The van der Waals surface area contributed by atoms with Crippen molar-refractivity contribution in [2.45, 2.75) is 20.5 Å². The third kappa shape index (κ3) is 6.00. The molecule has 35 heavy (non-hydrogen) atoms. The first kappa shape index (κ1) is 24.7. The second-order valence-electron chi connectivity index (χ2n) is 8.23. The molecule has 174 valence electrons. The number of fused-ring (bicyclic) bond motifs is 1. The molecule has 0 heterocycles. The number of nitrogens with zero attached hydrogens (tertiary/aromatic N) is 1. The zero-order valence-corrected chi connectivity index (χ0v) is 22.4. The second kappa shape index (κ2) is 10.9. The molecular weight excluding hydrogens is 568 g/mol. The Morgan fingerprint density at radius 1 is 0.971 bits per heavy atom. The van der Waals surface area contributed by atoms with E-state index in [1.807, 2.05) is 62.4 Å². The fourth-order valence-corrected chi connectivity index (χ4v) is 5.11. The second-order valence-corrected chi connectivity index (χ2v) is 9.93. The number of benzene rings is 4. The number of ether oxygens (including phenoxy) is 1. The van der Waals surface area contributed by atoms with E-state index in [1.54, 1.807) is 6.08 Å². The van der Waals surface area contributed by atoms with Gasteiger partial charge in [-0.25, -0.2) is 0 Å². The van der Waals surface area contributed by atoms with E-state index < -0.39 is 5.91 Å². The minimum atomic E-state index is -0.454. The van der Waals surface area contributed by atoms with Gasteiger partial charge in [0.1, 0.15) is 24.0 Å². The Labute approximate surface area is 221 Å². The Morgan fingerprint density at radius 2 is 1.69 bits per heavy atom. The van der Waals surface area contributed by atoms with E-state index >= 15 is 0 Å². The molecule has 0 fully saturated rings. The highest BCUT2D eigenvalue weighted by Gasteiger charge is 2.14.